The molecule has 0 atom stereocenters. The largest absolute Gasteiger partial charge is 0.383 e. The molecule has 0 aliphatic rings. The number of nitro groups is 2. The molecule has 0 unspecified atom stereocenters. The first-order chi connectivity index (χ1) is 8.34. The molecule has 0 bridgehead atoms. The van der Waals surface area contributed by atoms with Crippen molar-refractivity contribution in [2.45, 2.75) is 0 Å². The molecule has 0 saturated heterocycles. The molecule has 0 saturated carbocycles. The third-order valence-corrected chi connectivity index (χ3v) is 2.39. The number of nitrogens with zero attached hydrogens (tertiary/aromatic N) is 3. The molecule has 0 spiro atoms. The van der Waals surface area contributed by atoms with E-state index in [0.717, 1.165) is 6.07 Å². The number of nitro benzene ring substituents is 2. The van der Waals surface area contributed by atoms with E-state index in [1.54, 1.807) is 19.0 Å². The van der Waals surface area contributed by atoms with Crippen LogP contribution in [-0.4, -0.2) is 28.8 Å². The highest BCUT2D eigenvalue weighted by Crippen LogP contribution is 2.36. The summed E-state index contributed by atoms with van der Waals surface area (Å²) in [5, 5.41) is 21.8. The maximum absolute atomic E-state index is 10.9. The number of hydrogen-bond donors (Lipinski definition) is 0. The second-order valence-corrected chi connectivity index (χ2v) is 4.03. The van der Waals surface area contributed by atoms with Gasteiger partial charge in [0.25, 0.3) is 0 Å². The average Bonchev–Trinajstić information content (AvgIpc) is 2.25. The van der Waals surface area contributed by atoms with Crippen LogP contribution < -0.4 is 0 Å². The summed E-state index contributed by atoms with van der Waals surface area (Å²) in [5.41, 5.74) is -1.17. The van der Waals surface area contributed by atoms with Gasteiger partial charge in [-0.1, -0.05) is 11.6 Å². The SMILES string of the molecule is CN(C)/C=C/c1c(Cl)ccc([N+](=O)[O-])c1[N+](=O)[O-]. The lowest BCUT2D eigenvalue weighted by Gasteiger charge is -2.05. The van der Waals surface area contributed by atoms with E-state index in [4.69, 9.17) is 11.6 Å². The monoisotopic (exact) mass is 271 g/mol. The second-order valence-electron chi connectivity index (χ2n) is 3.62. The lowest BCUT2D eigenvalue weighted by molar-refractivity contribution is -0.422. The zero-order valence-electron chi connectivity index (χ0n) is 9.66. The fourth-order valence-electron chi connectivity index (χ4n) is 1.29. The summed E-state index contributed by atoms with van der Waals surface area (Å²) in [4.78, 5) is 21.7. The zero-order valence-corrected chi connectivity index (χ0v) is 10.4. The third kappa shape index (κ3) is 2.95. The normalized spacial score (nSPS) is 10.6. The summed E-state index contributed by atoms with van der Waals surface area (Å²) in [7, 11) is 3.43. The van der Waals surface area contributed by atoms with Crippen LogP contribution in [0.1, 0.15) is 5.56 Å². The molecular weight excluding hydrogens is 262 g/mol. The maximum atomic E-state index is 10.9. The van der Waals surface area contributed by atoms with E-state index in [-0.39, 0.29) is 10.6 Å². The maximum Gasteiger partial charge on any atom is 0.354 e. The van der Waals surface area contributed by atoms with Crippen LogP contribution >= 0.6 is 11.6 Å². The molecule has 7 nitrogen and oxygen atoms in total. The van der Waals surface area contributed by atoms with Crippen molar-refractivity contribution in [3.05, 3.63) is 49.1 Å². The van der Waals surface area contributed by atoms with E-state index in [1.165, 1.54) is 18.3 Å². The van der Waals surface area contributed by atoms with Crippen LogP contribution in [0.15, 0.2) is 18.3 Å². The predicted molar refractivity (Wildman–Crippen MR) is 67.5 cm³/mol. The van der Waals surface area contributed by atoms with E-state index in [1.807, 2.05) is 0 Å². The van der Waals surface area contributed by atoms with Crippen LogP contribution in [0.5, 0.6) is 0 Å². The Labute approximate surface area is 108 Å². The van der Waals surface area contributed by atoms with Gasteiger partial charge in [-0.15, -0.1) is 0 Å². The molecular formula is C10H10ClN3O4. The van der Waals surface area contributed by atoms with Crippen LogP contribution in [-0.2, 0) is 0 Å². The van der Waals surface area contributed by atoms with E-state index in [9.17, 15) is 20.2 Å². The van der Waals surface area contributed by atoms with Crippen molar-refractivity contribution in [1.29, 1.82) is 0 Å². The van der Waals surface area contributed by atoms with Gasteiger partial charge < -0.3 is 4.90 Å². The molecule has 1 rings (SSSR count). The standard InChI is InChI=1S/C10H10ClN3O4/c1-12(2)6-5-7-8(11)3-4-9(13(15)16)10(7)14(17)18/h3-6H,1-2H3/b6-5+. The molecule has 8 heteroatoms. The van der Waals surface area contributed by atoms with E-state index < -0.39 is 21.2 Å². The fourth-order valence-corrected chi connectivity index (χ4v) is 1.51. The van der Waals surface area contributed by atoms with Crippen LogP contribution in [0.2, 0.25) is 5.02 Å². The second kappa shape index (κ2) is 5.46. The molecule has 0 amide bonds. The van der Waals surface area contributed by atoms with E-state index in [0.29, 0.717) is 0 Å². The summed E-state index contributed by atoms with van der Waals surface area (Å²) >= 11 is 5.84. The van der Waals surface area contributed by atoms with Gasteiger partial charge in [-0.3, -0.25) is 20.2 Å². The van der Waals surface area contributed by atoms with Crippen LogP contribution in [0.4, 0.5) is 11.4 Å². The van der Waals surface area contributed by atoms with Gasteiger partial charge in [0, 0.05) is 20.2 Å². The molecule has 0 radical (unpaired) electrons. The fraction of sp³-hybridized carbons (Fsp3) is 0.200. The van der Waals surface area contributed by atoms with Gasteiger partial charge in [0.05, 0.1) is 20.4 Å². The first-order valence-corrected chi connectivity index (χ1v) is 5.18. The van der Waals surface area contributed by atoms with Gasteiger partial charge in [0.15, 0.2) is 0 Å². The van der Waals surface area contributed by atoms with Crippen molar-refractivity contribution in [2.75, 3.05) is 14.1 Å². The topological polar surface area (TPSA) is 89.5 Å². The van der Waals surface area contributed by atoms with Crippen molar-refractivity contribution in [3.8, 4) is 0 Å². The van der Waals surface area contributed by atoms with Crippen molar-refractivity contribution in [3.63, 3.8) is 0 Å². The van der Waals surface area contributed by atoms with Gasteiger partial charge in [-0.2, -0.15) is 0 Å². The minimum atomic E-state index is -0.806. The molecule has 1 aromatic rings. The molecule has 1 aromatic carbocycles. The lowest BCUT2D eigenvalue weighted by Crippen LogP contribution is -2.02. The Bertz CT molecular complexity index is 528. The molecule has 0 fully saturated rings. The lowest BCUT2D eigenvalue weighted by atomic mass is 10.1. The van der Waals surface area contributed by atoms with Crippen LogP contribution in [0.3, 0.4) is 0 Å². The predicted octanol–water partition coefficient (Wildman–Crippen LogP) is 2.69. The Kier molecular flexibility index (Phi) is 4.22. The quantitative estimate of drug-likeness (QED) is 0.620. The smallest absolute Gasteiger partial charge is 0.354 e. The minimum Gasteiger partial charge on any atom is -0.383 e. The van der Waals surface area contributed by atoms with Crippen LogP contribution in [0, 0.1) is 20.2 Å². The minimum absolute atomic E-state index is 0.0181. The van der Waals surface area contributed by atoms with Gasteiger partial charge >= 0.3 is 11.4 Å². The number of benzene rings is 1. The highest BCUT2D eigenvalue weighted by molar-refractivity contribution is 6.32. The molecule has 0 aromatic heterocycles. The summed E-state index contributed by atoms with van der Waals surface area (Å²) < 4.78 is 0. The first kappa shape index (κ1) is 13.9. The highest BCUT2D eigenvalue weighted by atomic mass is 35.5. The van der Waals surface area contributed by atoms with Crippen molar-refractivity contribution >= 4 is 29.1 Å². The Morgan fingerprint density at radius 1 is 1.22 bits per heavy atom. The molecule has 0 aliphatic carbocycles. The summed E-state index contributed by atoms with van der Waals surface area (Å²) in [6.45, 7) is 0. The van der Waals surface area contributed by atoms with E-state index >= 15 is 0 Å². The Balaban J connectivity index is 3.51. The Morgan fingerprint density at radius 3 is 2.28 bits per heavy atom. The first-order valence-electron chi connectivity index (χ1n) is 4.80. The van der Waals surface area contributed by atoms with Gasteiger partial charge in [0.2, 0.25) is 0 Å². The number of hydrogen-bond acceptors (Lipinski definition) is 5. The zero-order chi connectivity index (χ0) is 13.9. The number of halogens is 1. The summed E-state index contributed by atoms with van der Waals surface area (Å²) in [5.74, 6) is 0. The Hall–Kier alpha value is -2.15. The molecule has 0 N–H and O–H groups in total. The van der Waals surface area contributed by atoms with Gasteiger partial charge in [-0.05, 0) is 18.3 Å². The molecule has 0 aliphatic heterocycles. The molecule has 18 heavy (non-hydrogen) atoms. The summed E-state index contributed by atoms with van der Waals surface area (Å²) in [6, 6.07) is 2.29. The molecule has 96 valence electrons. The average molecular weight is 272 g/mol. The van der Waals surface area contributed by atoms with Crippen molar-refractivity contribution in [1.82, 2.24) is 4.90 Å². The summed E-state index contributed by atoms with van der Waals surface area (Å²) in [6.07, 6.45) is 2.89. The third-order valence-electron chi connectivity index (χ3n) is 2.06. The Morgan fingerprint density at radius 2 is 1.83 bits per heavy atom. The molecule has 0 heterocycles. The van der Waals surface area contributed by atoms with Crippen molar-refractivity contribution in [2.24, 2.45) is 0 Å². The van der Waals surface area contributed by atoms with Crippen LogP contribution in [0.25, 0.3) is 6.08 Å². The van der Waals surface area contributed by atoms with Gasteiger partial charge in [-0.25, -0.2) is 0 Å². The number of rotatable bonds is 4. The van der Waals surface area contributed by atoms with Gasteiger partial charge in [0.1, 0.15) is 0 Å². The van der Waals surface area contributed by atoms with E-state index in [2.05, 4.69) is 0 Å². The van der Waals surface area contributed by atoms with Crippen molar-refractivity contribution < 1.29 is 9.85 Å². The highest BCUT2D eigenvalue weighted by Gasteiger charge is 2.29.